The summed E-state index contributed by atoms with van der Waals surface area (Å²) in [5, 5.41) is 10.2. The van der Waals surface area contributed by atoms with E-state index in [1.807, 2.05) is 49.7 Å². The maximum atomic E-state index is 12.1. The number of benzene rings is 1. The Morgan fingerprint density at radius 1 is 1.35 bits per heavy atom. The van der Waals surface area contributed by atoms with E-state index in [1.54, 1.807) is 16.8 Å². The molecule has 6 nitrogen and oxygen atoms in total. The summed E-state index contributed by atoms with van der Waals surface area (Å²) < 4.78 is 2.96. The van der Waals surface area contributed by atoms with Crippen LogP contribution in [0.15, 0.2) is 29.8 Å². The van der Waals surface area contributed by atoms with E-state index in [9.17, 15) is 4.79 Å². The Balaban J connectivity index is 1.58. The van der Waals surface area contributed by atoms with Crippen molar-refractivity contribution < 1.29 is 4.79 Å². The number of rotatable bonds is 4. The summed E-state index contributed by atoms with van der Waals surface area (Å²) in [6.07, 6.45) is 0. The third-order valence-corrected chi connectivity index (χ3v) is 4.31. The fourth-order valence-electron chi connectivity index (χ4n) is 2.49. The molecule has 1 aromatic carbocycles. The van der Waals surface area contributed by atoms with Crippen molar-refractivity contribution in [3.05, 3.63) is 41.2 Å². The number of nitrogens with zero attached hydrogens (tertiary/aromatic N) is 3. The molecule has 0 saturated carbocycles. The van der Waals surface area contributed by atoms with Gasteiger partial charge >= 0.3 is 6.03 Å². The minimum atomic E-state index is -0.220. The van der Waals surface area contributed by atoms with Crippen molar-refractivity contribution in [1.29, 1.82) is 0 Å². The van der Waals surface area contributed by atoms with Crippen molar-refractivity contribution in [3.63, 3.8) is 0 Å². The molecular weight excluding hydrogens is 310 g/mol. The van der Waals surface area contributed by atoms with Crippen LogP contribution in [0.1, 0.15) is 18.3 Å². The Morgan fingerprint density at radius 3 is 2.91 bits per heavy atom. The van der Waals surface area contributed by atoms with Crippen LogP contribution >= 0.6 is 11.3 Å². The highest BCUT2D eigenvalue weighted by Crippen LogP contribution is 2.21. The van der Waals surface area contributed by atoms with Gasteiger partial charge in [-0.1, -0.05) is 0 Å². The Labute approximate surface area is 138 Å². The lowest BCUT2D eigenvalue weighted by molar-refractivity contribution is 0.247. The fraction of sp³-hybridized carbons (Fsp3) is 0.312. The number of hydrogen-bond donors (Lipinski definition) is 2. The van der Waals surface area contributed by atoms with Crippen LogP contribution in [0, 0.1) is 13.8 Å². The second-order valence-corrected chi connectivity index (χ2v) is 6.53. The van der Waals surface area contributed by atoms with E-state index in [4.69, 9.17) is 0 Å². The molecule has 0 aliphatic carbocycles. The van der Waals surface area contributed by atoms with Gasteiger partial charge in [0.1, 0.15) is 0 Å². The van der Waals surface area contributed by atoms with Gasteiger partial charge in [-0.05, 0) is 45.0 Å². The number of fused-ring (bicyclic) bond motifs is 1. The molecule has 3 rings (SSSR count). The lowest BCUT2D eigenvalue weighted by Gasteiger charge is -2.15. The third kappa shape index (κ3) is 3.68. The average Bonchev–Trinajstić information content (AvgIpc) is 3.04. The quantitative estimate of drug-likeness (QED) is 0.771. The van der Waals surface area contributed by atoms with Crippen LogP contribution in [0.25, 0.3) is 10.2 Å². The summed E-state index contributed by atoms with van der Waals surface area (Å²) in [6.45, 7) is 6.57. The summed E-state index contributed by atoms with van der Waals surface area (Å²) in [6, 6.07) is 7.46. The van der Waals surface area contributed by atoms with Gasteiger partial charge in [0.2, 0.25) is 0 Å². The fourth-order valence-corrected chi connectivity index (χ4v) is 3.20. The van der Waals surface area contributed by atoms with Gasteiger partial charge in [-0.25, -0.2) is 9.78 Å². The zero-order valence-electron chi connectivity index (χ0n) is 13.3. The lowest BCUT2D eigenvalue weighted by Crippen LogP contribution is -2.38. The first-order chi connectivity index (χ1) is 11.0. The number of carbonyl (C=O) groups is 1. The zero-order chi connectivity index (χ0) is 16.4. The van der Waals surface area contributed by atoms with Gasteiger partial charge in [0.15, 0.2) is 0 Å². The first kappa shape index (κ1) is 15.5. The first-order valence-electron chi connectivity index (χ1n) is 7.43. The highest BCUT2D eigenvalue weighted by Gasteiger charge is 2.11. The largest absolute Gasteiger partial charge is 0.334 e. The van der Waals surface area contributed by atoms with Crippen molar-refractivity contribution in [2.24, 2.45) is 0 Å². The van der Waals surface area contributed by atoms with Gasteiger partial charge in [-0.2, -0.15) is 5.10 Å². The Kier molecular flexibility index (Phi) is 4.29. The minimum Gasteiger partial charge on any atom is -0.334 e. The maximum absolute atomic E-state index is 12.1. The topological polar surface area (TPSA) is 71.8 Å². The number of carbonyl (C=O) groups excluding carboxylic acids is 1. The molecule has 0 fully saturated rings. The molecule has 0 aliphatic heterocycles. The summed E-state index contributed by atoms with van der Waals surface area (Å²) in [7, 11) is 0. The van der Waals surface area contributed by atoms with Crippen molar-refractivity contribution in [2.75, 3.05) is 5.32 Å². The van der Waals surface area contributed by atoms with E-state index in [0.717, 1.165) is 27.3 Å². The van der Waals surface area contributed by atoms with E-state index < -0.39 is 0 Å². The average molecular weight is 329 g/mol. The molecule has 2 heterocycles. The monoisotopic (exact) mass is 329 g/mol. The van der Waals surface area contributed by atoms with Gasteiger partial charge in [-0.3, -0.25) is 4.68 Å². The van der Waals surface area contributed by atoms with Crippen LogP contribution in [0.5, 0.6) is 0 Å². The molecule has 3 aromatic rings. The first-order valence-corrected chi connectivity index (χ1v) is 8.31. The second-order valence-electron chi connectivity index (χ2n) is 5.64. The van der Waals surface area contributed by atoms with E-state index in [0.29, 0.717) is 6.54 Å². The number of anilines is 1. The molecule has 2 aromatic heterocycles. The molecule has 0 radical (unpaired) electrons. The van der Waals surface area contributed by atoms with Crippen LogP contribution in [-0.2, 0) is 6.54 Å². The molecule has 2 N–H and O–H groups in total. The predicted molar refractivity (Wildman–Crippen MR) is 92.9 cm³/mol. The molecule has 0 bridgehead atoms. The number of urea groups is 1. The molecule has 0 spiro atoms. The van der Waals surface area contributed by atoms with Crippen LogP contribution in [0.3, 0.4) is 0 Å². The number of thiazole rings is 1. The maximum Gasteiger partial charge on any atom is 0.319 e. The summed E-state index contributed by atoms with van der Waals surface area (Å²) >= 11 is 1.55. The molecule has 23 heavy (non-hydrogen) atoms. The number of amides is 2. The second kappa shape index (κ2) is 6.37. The van der Waals surface area contributed by atoms with Crippen LogP contribution in [0.4, 0.5) is 10.5 Å². The summed E-state index contributed by atoms with van der Waals surface area (Å²) in [5.41, 5.74) is 5.57. The van der Waals surface area contributed by atoms with Crippen molar-refractivity contribution >= 4 is 33.3 Å². The normalized spacial score (nSPS) is 12.3. The standard InChI is InChI=1S/C16H19N5OS/c1-10-6-12(3)21(20-10)8-11(2)18-16(22)19-13-4-5-14-15(7-13)23-9-17-14/h4-7,9,11H,8H2,1-3H3,(H2,18,19,22)/t11-/m1/s1. The van der Waals surface area contributed by atoms with Crippen LogP contribution in [-0.4, -0.2) is 26.8 Å². The highest BCUT2D eigenvalue weighted by molar-refractivity contribution is 7.16. The lowest BCUT2D eigenvalue weighted by atomic mass is 10.3. The molecule has 120 valence electrons. The zero-order valence-corrected chi connectivity index (χ0v) is 14.1. The Morgan fingerprint density at radius 2 is 2.17 bits per heavy atom. The number of aromatic nitrogens is 3. The van der Waals surface area contributed by atoms with Gasteiger partial charge in [-0.15, -0.1) is 11.3 Å². The number of nitrogens with one attached hydrogen (secondary N) is 2. The van der Waals surface area contributed by atoms with Crippen molar-refractivity contribution in [3.8, 4) is 0 Å². The smallest absolute Gasteiger partial charge is 0.319 e. The number of hydrogen-bond acceptors (Lipinski definition) is 4. The predicted octanol–water partition coefficient (Wildman–Crippen LogP) is 3.32. The minimum absolute atomic E-state index is 0.0277. The molecule has 1 atom stereocenters. The Bertz CT molecular complexity index is 838. The van der Waals surface area contributed by atoms with E-state index in [1.165, 1.54) is 0 Å². The SMILES string of the molecule is Cc1cc(C)n(C[C@@H](C)NC(=O)Nc2ccc3ncsc3c2)n1. The molecule has 0 unspecified atom stereocenters. The van der Waals surface area contributed by atoms with Crippen LogP contribution in [0.2, 0.25) is 0 Å². The van der Waals surface area contributed by atoms with E-state index in [2.05, 4.69) is 20.7 Å². The van der Waals surface area contributed by atoms with E-state index >= 15 is 0 Å². The van der Waals surface area contributed by atoms with Crippen LogP contribution < -0.4 is 10.6 Å². The molecule has 0 aliphatic rings. The summed E-state index contributed by atoms with van der Waals surface area (Å²) in [5.74, 6) is 0. The van der Waals surface area contributed by atoms with Gasteiger partial charge in [0.25, 0.3) is 0 Å². The van der Waals surface area contributed by atoms with E-state index in [-0.39, 0.29) is 12.1 Å². The molecule has 0 saturated heterocycles. The highest BCUT2D eigenvalue weighted by atomic mass is 32.1. The van der Waals surface area contributed by atoms with Gasteiger partial charge in [0, 0.05) is 17.4 Å². The van der Waals surface area contributed by atoms with Crippen molar-refractivity contribution in [2.45, 2.75) is 33.4 Å². The number of aryl methyl sites for hydroxylation is 2. The molecular formula is C16H19N5OS. The Hall–Kier alpha value is -2.41. The van der Waals surface area contributed by atoms with Gasteiger partial charge < -0.3 is 10.6 Å². The molecule has 7 heteroatoms. The summed E-state index contributed by atoms with van der Waals surface area (Å²) in [4.78, 5) is 16.3. The third-order valence-electron chi connectivity index (χ3n) is 3.52. The molecule has 2 amide bonds. The van der Waals surface area contributed by atoms with Gasteiger partial charge in [0.05, 0.1) is 28.0 Å². The van der Waals surface area contributed by atoms with Crippen molar-refractivity contribution in [1.82, 2.24) is 20.1 Å².